The number of nitrogens with zero attached hydrogens (tertiary/aromatic N) is 1. The molecular formula is C15H10ClNO3S. The third-order valence-corrected chi connectivity index (χ3v) is 4.65. The number of hydrogen-bond acceptors (Lipinski definition) is 4. The minimum atomic E-state index is -0.375. The maximum atomic E-state index is 12.4. The molecule has 3 rings (SSSR count). The SMILES string of the molecule is CN1C(=O)Cc2ccc(C(=O)c3ccc(Cl)s3)cc2C1=O. The number of amides is 2. The van der Waals surface area contributed by atoms with E-state index < -0.39 is 0 Å². The number of likely N-dealkylation sites (N-methyl/N-ethyl adjacent to an activating group) is 1. The van der Waals surface area contributed by atoms with Crippen molar-refractivity contribution in [2.45, 2.75) is 6.42 Å². The number of fused-ring (bicyclic) bond motifs is 1. The van der Waals surface area contributed by atoms with Crippen LogP contribution in [0.4, 0.5) is 0 Å². The van der Waals surface area contributed by atoms with Gasteiger partial charge in [-0.25, -0.2) is 0 Å². The van der Waals surface area contributed by atoms with Gasteiger partial charge in [0.1, 0.15) is 0 Å². The number of hydrogen-bond donors (Lipinski definition) is 0. The number of carbonyl (C=O) groups is 3. The molecule has 0 aliphatic carbocycles. The fraction of sp³-hybridized carbons (Fsp3) is 0.133. The lowest BCUT2D eigenvalue weighted by atomic mass is 9.95. The van der Waals surface area contributed by atoms with Crippen LogP contribution >= 0.6 is 22.9 Å². The van der Waals surface area contributed by atoms with E-state index >= 15 is 0 Å². The van der Waals surface area contributed by atoms with E-state index in [1.807, 2.05) is 0 Å². The van der Waals surface area contributed by atoms with Crippen molar-refractivity contribution in [3.8, 4) is 0 Å². The molecule has 0 saturated carbocycles. The number of halogens is 1. The van der Waals surface area contributed by atoms with Crippen LogP contribution in [0.2, 0.25) is 4.34 Å². The summed E-state index contributed by atoms with van der Waals surface area (Å²) in [6.45, 7) is 0. The lowest BCUT2D eigenvalue weighted by Crippen LogP contribution is -2.39. The number of imide groups is 1. The van der Waals surface area contributed by atoms with Gasteiger partial charge in [0, 0.05) is 18.2 Å². The number of thiophene rings is 1. The zero-order chi connectivity index (χ0) is 15.1. The minimum absolute atomic E-state index is 0.177. The van der Waals surface area contributed by atoms with Crippen LogP contribution in [0.1, 0.15) is 31.2 Å². The first-order chi connectivity index (χ1) is 9.97. The smallest absolute Gasteiger partial charge is 0.260 e. The highest BCUT2D eigenvalue weighted by Crippen LogP contribution is 2.26. The highest BCUT2D eigenvalue weighted by Gasteiger charge is 2.28. The molecule has 0 bridgehead atoms. The molecule has 2 aromatic rings. The first-order valence-electron chi connectivity index (χ1n) is 6.21. The van der Waals surface area contributed by atoms with Crippen LogP contribution in [0.25, 0.3) is 0 Å². The molecule has 0 atom stereocenters. The lowest BCUT2D eigenvalue weighted by Gasteiger charge is -2.23. The van der Waals surface area contributed by atoms with E-state index in [0.717, 1.165) is 4.90 Å². The monoisotopic (exact) mass is 319 g/mol. The number of benzene rings is 1. The Kier molecular flexibility index (Phi) is 3.39. The standard InChI is InChI=1S/C15H10ClNO3S/c1-17-13(18)7-8-2-3-9(6-10(8)15(17)20)14(19)11-4-5-12(16)21-11/h2-6H,7H2,1H3. The van der Waals surface area contributed by atoms with Gasteiger partial charge in [-0.15, -0.1) is 11.3 Å². The second-order valence-electron chi connectivity index (χ2n) is 4.74. The normalized spacial score (nSPS) is 14.3. The average molecular weight is 320 g/mol. The Morgan fingerprint density at radius 3 is 2.67 bits per heavy atom. The quantitative estimate of drug-likeness (QED) is 0.632. The van der Waals surface area contributed by atoms with Crippen molar-refractivity contribution < 1.29 is 14.4 Å². The van der Waals surface area contributed by atoms with Gasteiger partial charge in [-0.05, 0) is 23.8 Å². The Hall–Kier alpha value is -1.98. The molecule has 0 saturated heterocycles. The summed E-state index contributed by atoms with van der Waals surface area (Å²) >= 11 is 7.03. The van der Waals surface area contributed by atoms with Crippen molar-refractivity contribution in [2.24, 2.45) is 0 Å². The summed E-state index contributed by atoms with van der Waals surface area (Å²) in [6.07, 6.45) is 0.177. The highest BCUT2D eigenvalue weighted by molar-refractivity contribution is 7.18. The molecule has 4 nitrogen and oxygen atoms in total. The van der Waals surface area contributed by atoms with Gasteiger partial charge in [-0.1, -0.05) is 23.7 Å². The van der Waals surface area contributed by atoms with Crippen LogP contribution in [0.15, 0.2) is 30.3 Å². The number of rotatable bonds is 2. The van der Waals surface area contributed by atoms with Crippen LogP contribution in [0.3, 0.4) is 0 Å². The molecule has 0 radical (unpaired) electrons. The fourth-order valence-corrected chi connectivity index (χ4v) is 3.23. The third kappa shape index (κ3) is 2.39. The largest absolute Gasteiger partial charge is 0.288 e. The van der Waals surface area contributed by atoms with Crippen LogP contribution < -0.4 is 0 Å². The van der Waals surface area contributed by atoms with Gasteiger partial charge in [-0.2, -0.15) is 0 Å². The minimum Gasteiger partial charge on any atom is -0.288 e. The molecule has 6 heteroatoms. The molecule has 1 aliphatic rings. The Labute approximate surface area is 129 Å². The van der Waals surface area contributed by atoms with E-state index in [1.165, 1.54) is 18.4 Å². The van der Waals surface area contributed by atoms with Crippen molar-refractivity contribution in [2.75, 3.05) is 7.05 Å². The maximum absolute atomic E-state index is 12.4. The lowest BCUT2D eigenvalue weighted by molar-refractivity contribution is -0.127. The Morgan fingerprint density at radius 1 is 1.24 bits per heavy atom. The summed E-state index contributed by atoms with van der Waals surface area (Å²) in [5, 5.41) is 0. The fourth-order valence-electron chi connectivity index (χ4n) is 2.22. The third-order valence-electron chi connectivity index (χ3n) is 3.42. The van der Waals surface area contributed by atoms with E-state index in [4.69, 9.17) is 11.6 Å². The van der Waals surface area contributed by atoms with Crippen LogP contribution in [0, 0.1) is 0 Å². The highest BCUT2D eigenvalue weighted by atomic mass is 35.5. The van der Waals surface area contributed by atoms with Gasteiger partial charge in [0.2, 0.25) is 11.7 Å². The number of carbonyl (C=O) groups excluding carboxylic acids is 3. The number of ketones is 1. The first-order valence-corrected chi connectivity index (χ1v) is 7.40. The van der Waals surface area contributed by atoms with E-state index in [0.29, 0.717) is 25.9 Å². The van der Waals surface area contributed by atoms with Crippen molar-refractivity contribution in [3.63, 3.8) is 0 Å². The summed E-state index contributed by atoms with van der Waals surface area (Å²) in [5.74, 6) is -0.793. The molecule has 0 N–H and O–H groups in total. The molecule has 0 fully saturated rings. The van der Waals surface area contributed by atoms with Crippen LogP contribution in [0.5, 0.6) is 0 Å². The second-order valence-corrected chi connectivity index (χ2v) is 6.45. The zero-order valence-electron chi connectivity index (χ0n) is 11.1. The van der Waals surface area contributed by atoms with Gasteiger partial charge in [-0.3, -0.25) is 19.3 Å². The predicted octanol–water partition coefficient (Wildman–Crippen LogP) is 2.79. The van der Waals surface area contributed by atoms with Crippen molar-refractivity contribution in [3.05, 3.63) is 56.2 Å². The average Bonchev–Trinajstić information content (AvgIpc) is 2.90. The Morgan fingerprint density at radius 2 is 2.00 bits per heavy atom. The molecule has 2 heterocycles. The van der Waals surface area contributed by atoms with Gasteiger partial charge >= 0.3 is 0 Å². The van der Waals surface area contributed by atoms with Crippen molar-refractivity contribution >= 4 is 40.5 Å². The van der Waals surface area contributed by atoms with Crippen molar-refractivity contribution in [1.29, 1.82) is 0 Å². The first kappa shape index (κ1) is 14.0. The molecule has 0 spiro atoms. The Bertz CT molecular complexity index is 781. The van der Waals surface area contributed by atoms with E-state index in [-0.39, 0.29) is 24.0 Å². The Balaban J connectivity index is 2.02. The topological polar surface area (TPSA) is 54.5 Å². The summed E-state index contributed by atoms with van der Waals surface area (Å²) in [4.78, 5) is 37.7. The summed E-state index contributed by atoms with van der Waals surface area (Å²) in [5.41, 5.74) is 1.48. The summed E-state index contributed by atoms with van der Waals surface area (Å²) < 4.78 is 0.540. The molecule has 21 heavy (non-hydrogen) atoms. The summed E-state index contributed by atoms with van der Waals surface area (Å²) in [7, 11) is 1.45. The molecular weight excluding hydrogens is 310 g/mol. The molecule has 0 unspecified atom stereocenters. The van der Waals surface area contributed by atoms with Gasteiger partial charge < -0.3 is 0 Å². The molecule has 2 amide bonds. The van der Waals surface area contributed by atoms with Crippen LogP contribution in [-0.4, -0.2) is 29.5 Å². The van der Waals surface area contributed by atoms with Gasteiger partial charge in [0.25, 0.3) is 5.91 Å². The predicted molar refractivity (Wildman–Crippen MR) is 80.0 cm³/mol. The van der Waals surface area contributed by atoms with E-state index in [2.05, 4.69) is 0 Å². The maximum Gasteiger partial charge on any atom is 0.260 e. The molecule has 1 aliphatic heterocycles. The van der Waals surface area contributed by atoms with Gasteiger partial charge in [0.05, 0.1) is 15.6 Å². The van der Waals surface area contributed by atoms with E-state index in [9.17, 15) is 14.4 Å². The molecule has 1 aromatic carbocycles. The van der Waals surface area contributed by atoms with Gasteiger partial charge in [0.15, 0.2) is 0 Å². The van der Waals surface area contributed by atoms with Crippen molar-refractivity contribution in [1.82, 2.24) is 4.90 Å². The molecule has 1 aromatic heterocycles. The molecule has 106 valence electrons. The second kappa shape index (κ2) is 5.09. The zero-order valence-corrected chi connectivity index (χ0v) is 12.6. The van der Waals surface area contributed by atoms with E-state index in [1.54, 1.807) is 30.3 Å². The van der Waals surface area contributed by atoms with Crippen LogP contribution in [-0.2, 0) is 11.2 Å². The summed E-state index contributed by atoms with van der Waals surface area (Å²) in [6, 6.07) is 8.18.